The van der Waals surface area contributed by atoms with E-state index in [4.69, 9.17) is 0 Å². The summed E-state index contributed by atoms with van der Waals surface area (Å²) in [5, 5.41) is 3.27. The van der Waals surface area contributed by atoms with E-state index < -0.39 is 0 Å². The zero-order valence-electron chi connectivity index (χ0n) is 11.5. The smallest absolute Gasteiger partial charge is 0.196 e. The maximum atomic E-state index is 12.8. The Morgan fingerprint density at radius 3 is 2.81 bits per heavy atom. The lowest BCUT2D eigenvalue weighted by Crippen LogP contribution is -2.33. The van der Waals surface area contributed by atoms with Gasteiger partial charge in [0.15, 0.2) is 11.6 Å². The summed E-state index contributed by atoms with van der Waals surface area (Å²) < 4.78 is 0. The summed E-state index contributed by atoms with van der Waals surface area (Å²) in [5.74, 6) is -0.243. The van der Waals surface area contributed by atoms with Gasteiger partial charge in [0.05, 0.1) is 22.5 Å². The van der Waals surface area contributed by atoms with Crippen LogP contribution in [0.1, 0.15) is 31.8 Å². The summed E-state index contributed by atoms with van der Waals surface area (Å²) in [5.41, 5.74) is 3.50. The number of ketones is 2. The first-order valence-electron chi connectivity index (χ1n) is 6.84. The molecule has 2 aromatic rings. The van der Waals surface area contributed by atoms with Crippen molar-refractivity contribution in [2.24, 2.45) is 0 Å². The second-order valence-corrected chi connectivity index (χ2v) is 5.31. The molecule has 2 heterocycles. The predicted molar refractivity (Wildman–Crippen MR) is 79.3 cm³/mol. The van der Waals surface area contributed by atoms with Crippen LogP contribution in [-0.4, -0.2) is 36.7 Å². The lowest BCUT2D eigenvalue weighted by molar-refractivity contribution is 0.0979. The summed E-state index contributed by atoms with van der Waals surface area (Å²) >= 11 is 0. The first kappa shape index (κ1) is 12.1. The molecular formula is C16H13N3O2. The zero-order chi connectivity index (χ0) is 14.6. The van der Waals surface area contributed by atoms with E-state index in [2.05, 4.69) is 15.2 Å². The molecule has 0 amide bonds. The molecule has 1 N–H and O–H groups in total. The fraction of sp³-hybridized carbons (Fsp3) is 0.188. The number of carbonyl (C=O) groups is 2. The van der Waals surface area contributed by atoms with Crippen LogP contribution in [0.25, 0.3) is 0 Å². The van der Waals surface area contributed by atoms with Crippen LogP contribution in [0.5, 0.6) is 0 Å². The van der Waals surface area contributed by atoms with E-state index in [-0.39, 0.29) is 11.6 Å². The van der Waals surface area contributed by atoms with Gasteiger partial charge in [-0.25, -0.2) is 0 Å². The van der Waals surface area contributed by atoms with Crippen LogP contribution >= 0.6 is 0 Å². The van der Waals surface area contributed by atoms with E-state index in [0.717, 1.165) is 24.5 Å². The first-order chi connectivity index (χ1) is 10.2. The second kappa shape index (κ2) is 4.15. The highest BCUT2D eigenvalue weighted by Crippen LogP contribution is 2.38. The van der Waals surface area contributed by atoms with Crippen molar-refractivity contribution in [3.63, 3.8) is 0 Å². The van der Waals surface area contributed by atoms with Gasteiger partial charge in [0.1, 0.15) is 0 Å². The molecule has 2 aliphatic rings. The maximum Gasteiger partial charge on any atom is 0.196 e. The summed E-state index contributed by atoms with van der Waals surface area (Å²) in [6, 6.07) is 5.26. The molecular weight excluding hydrogens is 266 g/mol. The number of benzene rings is 1. The van der Waals surface area contributed by atoms with Crippen LogP contribution in [0.15, 0.2) is 30.6 Å². The van der Waals surface area contributed by atoms with Crippen LogP contribution in [-0.2, 0) is 0 Å². The molecule has 0 spiro atoms. The Morgan fingerprint density at radius 2 is 1.95 bits per heavy atom. The topological polar surface area (TPSA) is 62.3 Å². The predicted octanol–water partition coefficient (Wildman–Crippen LogP) is 1.72. The van der Waals surface area contributed by atoms with Crippen LogP contribution in [0.3, 0.4) is 0 Å². The van der Waals surface area contributed by atoms with Crippen molar-refractivity contribution in [1.29, 1.82) is 0 Å². The average molecular weight is 279 g/mol. The molecule has 5 heteroatoms. The van der Waals surface area contributed by atoms with E-state index in [9.17, 15) is 9.59 Å². The van der Waals surface area contributed by atoms with Gasteiger partial charge >= 0.3 is 0 Å². The molecule has 0 fully saturated rings. The number of hydrogen-bond acceptors (Lipinski definition) is 5. The molecule has 0 bridgehead atoms. The van der Waals surface area contributed by atoms with Gasteiger partial charge in [-0.1, -0.05) is 0 Å². The lowest BCUT2D eigenvalue weighted by atomic mass is 9.83. The average Bonchev–Trinajstić information content (AvgIpc) is 2.52. The van der Waals surface area contributed by atoms with Crippen molar-refractivity contribution in [1.82, 2.24) is 4.98 Å². The van der Waals surface area contributed by atoms with Crippen molar-refractivity contribution in [3.05, 3.63) is 52.8 Å². The van der Waals surface area contributed by atoms with Gasteiger partial charge in [-0.3, -0.25) is 14.6 Å². The van der Waals surface area contributed by atoms with Gasteiger partial charge in [-0.15, -0.1) is 0 Å². The Hall–Kier alpha value is -2.69. The van der Waals surface area contributed by atoms with Gasteiger partial charge in [0.25, 0.3) is 0 Å². The third-order valence-electron chi connectivity index (χ3n) is 4.13. The van der Waals surface area contributed by atoms with Crippen LogP contribution in [0.4, 0.5) is 11.4 Å². The standard InChI is InChI=1S/C16H13N3O2/c1-19-7-6-18-14-12(19)3-2-10-13(14)16(21)9-4-5-17-8-11(9)15(10)20/h2-5,8,18H,6-7H2,1H3. The zero-order valence-corrected chi connectivity index (χ0v) is 11.5. The molecule has 0 saturated carbocycles. The Bertz CT molecular complexity index is 798. The number of nitrogens with one attached hydrogen (secondary N) is 1. The summed E-state index contributed by atoms with van der Waals surface area (Å²) in [6.07, 6.45) is 3.02. The van der Waals surface area contributed by atoms with E-state index in [1.807, 2.05) is 13.1 Å². The number of carbonyl (C=O) groups excluding carboxylic acids is 2. The monoisotopic (exact) mass is 279 g/mol. The molecule has 1 aromatic heterocycles. The fourth-order valence-electron chi connectivity index (χ4n) is 3.04. The van der Waals surface area contributed by atoms with Crippen LogP contribution in [0.2, 0.25) is 0 Å². The molecule has 0 atom stereocenters. The minimum Gasteiger partial charge on any atom is -0.381 e. The normalized spacial score (nSPS) is 16.0. The van der Waals surface area contributed by atoms with Gasteiger partial charge in [-0.2, -0.15) is 0 Å². The summed E-state index contributed by atoms with van der Waals surface area (Å²) in [4.78, 5) is 31.4. The minimum atomic E-state index is -0.134. The Labute approximate surface area is 121 Å². The summed E-state index contributed by atoms with van der Waals surface area (Å²) in [6.45, 7) is 1.62. The SMILES string of the molecule is CN1CCNc2c1ccc1c2C(=O)c2ccncc2C1=O. The van der Waals surface area contributed by atoms with Crippen LogP contribution < -0.4 is 10.2 Å². The highest BCUT2D eigenvalue weighted by atomic mass is 16.1. The number of nitrogens with zero attached hydrogens (tertiary/aromatic N) is 2. The lowest BCUT2D eigenvalue weighted by Gasteiger charge is -2.31. The number of fused-ring (bicyclic) bond motifs is 4. The van der Waals surface area contributed by atoms with Crippen LogP contribution in [0, 0.1) is 0 Å². The molecule has 1 aliphatic heterocycles. The third-order valence-corrected chi connectivity index (χ3v) is 4.13. The first-order valence-corrected chi connectivity index (χ1v) is 6.84. The van der Waals surface area contributed by atoms with Crippen molar-refractivity contribution < 1.29 is 9.59 Å². The number of aromatic nitrogens is 1. The molecule has 0 unspecified atom stereocenters. The van der Waals surface area contributed by atoms with E-state index in [1.165, 1.54) is 6.20 Å². The number of likely N-dealkylation sites (N-methyl/N-ethyl adjacent to an activating group) is 1. The maximum absolute atomic E-state index is 12.8. The van der Waals surface area contributed by atoms with Gasteiger partial charge in [-0.05, 0) is 18.2 Å². The highest BCUT2D eigenvalue weighted by molar-refractivity contribution is 6.30. The quantitative estimate of drug-likeness (QED) is 0.679. The molecule has 1 aliphatic carbocycles. The Kier molecular flexibility index (Phi) is 2.39. The van der Waals surface area contributed by atoms with E-state index in [1.54, 1.807) is 18.3 Å². The molecule has 104 valence electrons. The van der Waals surface area contributed by atoms with E-state index >= 15 is 0 Å². The summed E-state index contributed by atoms with van der Waals surface area (Å²) in [7, 11) is 1.99. The highest BCUT2D eigenvalue weighted by Gasteiger charge is 2.34. The minimum absolute atomic E-state index is 0.110. The molecule has 0 saturated heterocycles. The van der Waals surface area contributed by atoms with Gasteiger partial charge < -0.3 is 10.2 Å². The van der Waals surface area contributed by atoms with E-state index in [0.29, 0.717) is 22.3 Å². The molecule has 0 radical (unpaired) electrons. The number of hydrogen-bond donors (Lipinski definition) is 1. The Balaban J connectivity index is 2.01. The van der Waals surface area contributed by atoms with Crippen molar-refractivity contribution in [3.8, 4) is 0 Å². The largest absolute Gasteiger partial charge is 0.381 e. The third kappa shape index (κ3) is 1.54. The number of anilines is 2. The molecule has 4 rings (SSSR count). The number of rotatable bonds is 0. The Morgan fingerprint density at radius 1 is 1.10 bits per heavy atom. The number of pyridine rings is 1. The molecule has 1 aromatic carbocycles. The molecule has 21 heavy (non-hydrogen) atoms. The second-order valence-electron chi connectivity index (χ2n) is 5.31. The molecule has 5 nitrogen and oxygen atoms in total. The van der Waals surface area contributed by atoms with Crippen molar-refractivity contribution in [2.45, 2.75) is 0 Å². The van der Waals surface area contributed by atoms with Crippen molar-refractivity contribution in [2.75, 3.05) is 30.4 Å². The fourth-order valence-corrected chi connectivity index (χ4v) is 3.04. The van der Waals surface area contributed by atoms with Gasteiger partial charge in [0.2, 0.25) is 0 Å². The van der Waals surface area contributed by atoms with Crippen molar-refractivity contribution >= 4 is 22.9 Å². The van der Waals surface area contributed by atoms with Gasteiger partial charge in [0, 0.05) is 43.7 Å².